The van der Waals surface area contributed by atoms with Gasteiger partial charge in [0.1, 0.15) is 11.5 Å². The Labute approximate surface area is 218 Å². The molecular weight excluding hydrogens is 448 g/mol. The summed E-state index contributed by atoms with van der Waals surface area (Å²) >= 11 is 0. The maximum absolute atomic E-state index is 11.0. The second-order valence-corrected chi connectivity index (χ2v) is 12.2. The summed E-state index contributed by atoms with van der Waals surface area (Å²) in [4.78, 5) is 0. The Morgan fingerprint density at radius 2 is 0.750 bits per heavy atom. The van der Waals surface area contributed by atoms with E-state index in [0.717, 1.165) is 61.3 Å². The molecule has 2 aromatic rings. The number of nitrogens with one attached hydrogen (secondary N) is 4. The summed E-state index contributed by atoms with van der Waals surface area (Å²) in [7, 11) is 0. The van der Waals surface area contributed by atoms with Crippen molar-refractivity contribution >= 4 is 0 Å². The molecule has 0 aromatic heterocycles. The first-order chi connectivity index (χ1) is 17.0. The molecule has 6 nitrogen and oxygen atoms in total. The van der Waals surface area contributed by atoms with Crippen LogP contribution in [-0.2, 0) is 37.0 Å². The number of aromatic hydroxyl groups is 2. The molecule has 0 atom stereocenters. The molecule has 3 rings (SSSR count). The number of benzene rings is 2. The highest BCUT2D eigenvalue weighted by molar-refractivity contribution is 5.46. The lowest BCUT2D eigenvalue weighted by Gasteiger charge is -2.23. The molecule has 36 heavy (non-hydrogen) atoms. The predicted molar refractivity (Wildman–Crippen MR) is 150 cm³/mol. The van der Waals surface area contributed by atoms with E-state index in [1.165, 1.54) is 11.1 Å². The van der Waals surface area contributed by atoms with Crippen LogP contribution < -0.4 is 21.3 Å². The lowest BCUT2D eigenvalue weighted by atomic mass is 9.84. The van der Waals surface area contributed by atoms with Gasteiger partial charge in [-0.25, -0.2) is 0 Å². The van der Waals surface area contributed by atoms with Gasteiger partial charge in [-0.1, -0.05) is 65.8 Å². The monoisotopic (exact) mass is 496 g/mol. The summed E-state index contributed by atoms with van der Waals surface area (Å²) in [5.41, 5.74) is 6.36. The Bertz CT molecular complexity index is 865. The van der Waals surface area contributed by atoms with Gasteiger partial charge in [-0.05, 0) is 61.0 Å². The maximum Gasteiger partial charge on any atom is 0.124 e. The standard InChI is InChI=1S/C30H48N4O2/c1-29(2,3)25-13-21-17-31-9-7-11-33-19-23-15-26(30(4,5)6)16-24(28(23)36)20-34-12-8-10-32-18-22(14-25)27(21)35/h13-16,31-36H,7-12,17-20H2,1-6H3. The van der Waals surface area contributed by atoms with Gasteiger partial charge in [-0.3, -0.25) is 0 Å². The third-order valence-electron chi connectivity index (χ3n) is 6.94. The zero-order valence-corrected chi connectivity index (χ0v) is 23.3. The van der Waals surface area contributed by atoms with E-state index in [9.17, 15) is 10.2 Å². The van der Waals surface area contributed by atoms with Crippen LogP contribution in [-0.4, -0.2) is 36.4 Å². The number of fused-ring (bicyclic) bond motifs is 4. The van der Waals surface area contributed by atoms with E-state index in [4.69, 9.17) is 0 Å². The van der Waals surface area contributed by atoms with Gasteiger partial charge in [0.15, 0.2) is 0 Å². The Kier molecular flexibility index (Phi) is 9.81. The van der Waals surface area contributed by atoms with Crippen molar-refractivity contribution in [2.75, 3.05) is 26.2 Å². The maximum atomic E-state index is 11.0. The molecule has 1 aliphatic heterocycles. The normalized spacial score (nSPS) is 17.5. The van der Waals surface area contributed by atoms with Gasteiger partial charge >= 0.3 is 0 Å². The molecule has 0 saturated carbocycles. The molecule has 6 heteroatoms. The quantitative estimate of drug-likeness (QED) is 0.321. The van der Waals surface area contributed by atoms with Crippen molar-refractivity contribution in [2.24, 2.45) is 0 Å². The molecule has 0 aliphatic carbocycles. The molecular formula is C30H48N4O2. The van der Waals surface area contributed by atoms with E-state index in [0.29, 0.717) is 37.7 Å². The van der Waals surface area contributed by atoms with Gasteiger partial charge in [0.2, 0.25) is 0 Å². The van der Waals surface area contributed by atoms with Crippen LogP contribution in [0.3, 0.4) is 0 Å². The molecule has 4 bridgehead atoms. The van der Waals surface area contributed by atoms with Crippen LogP contribution in [0.2, 0.25) is 0 Å². The molecule has 1 aliphatic rings. The van der Waals surface area contributed by atoms with Crippen molar-refractivity contribution in [1.29, 1.82) is 0 Å². The SMILES string of the molecule is CC(C)(C)c1cc2c(O)c(c1)CNCCCNCc1cc(C(C)(C)C)cc(c1O)CNCCCNC2. The van der Waals surface area contributed by atoms with Crippen LogP contribution in [0.25, 0.3) is 0 Å². The summed E-state index contributed by atoms with van der Waals surface area (Å²) in [6.07, 6.45) is 1.92. The Balaban J connectivity index is 1.75. The number of phenols is 2. The number of hydrogen-bond donors (Lipinski definition) is 6. The lowest BCUT2D eigenvalue weighted by Crippen LogP contribution is -2.24. The molecule has 6 N–H and O–H groups in total. The minimum absolute atomic E-state index is 0.0209. The van der Waals surface area contributed by atoms with Gasteiger partial charge < -0.3 is 31.5 Å². The number of rotatable bonds is 0. The fraction of sp³-hybridized carbons (Fsp3) is 0.600. The highest BCUT2D eigenvalue weighted by atomic mass is 16.3. The first-order valence-corrected chi connectivity index (χ1v) is 13.5. The van der Waals surface area contributed by atoms with Crippen molar-refractivity contribution in [1.82, 2.24) is 21.3 Å². The van der Waals surface area contributed by atoms with Crippen LogP contribution in [0.5, 0.6) is 11.5 Å². The summed E-state index contributed by atoms with van der Waals surface area (Å²) in [6.45, 7) is 19.3. The lowest BCUT2D eigenvalue weighted by molar-refractivity contribution is 0.447. The Morgan fingerprint density at radius 1 is 0.500 bits per heavy atom. The van der Waals surface area contributed by atoms with Gasteiger partial charge in [0.05, 0.1) is 0 Å². The second kappa shape index (κ2) is 12.4. The zero-order valence-electron chi connectivity index (χ0n) is 23.3. The van der Waals surface area contributed by atoms with Crippen molar-refractivity contribution in [3.8, 4) is 11.5 Å². The van der Waals surface area contributed by atoms with Gasteiger partial charge in [-0.2, -0.15) is 0 Å². The van der Waals surface area contributed by atoms with Gasteiger partial charge in [0, 0.05) is 48.4 Å². The fourth-order valence-corrected chi connectivity index (χ4v) is 4.49. The molecule has 0 unspecified atom stereocenters. The second-order valence-electron chi connectivity index (χ2n) is 12.2. The largest absolute Gasteiger partial charge is 0.507 e. The highest BCUT2D eigenvalue weighted by Crippen LogP contribution is 2.32. The average Bonchev–Trinajstić information content (AvgIpc) is 2.79. The molecule has 0 amide bonds. The van der Waals surface area contributed by atoms with E-state index >= 15 is 0 Å². The molecule has 0 fully saturated rings. The van der Waals surface area contributed by atoms with E-state index in [1.807, 2.05) is 0 Å². The summed E-state index contributed by atoms with van der Waals surface area (Å²) in [6, 6.07) is 8.57. The zero-order chi connectivity index (χ0) is 26.3. The van der Waals surface area contributed by atoms with Crippen LogP contribution in [0, 0.1) is 0 Å². The summed E-state index contributed by atoms with van der Waals surface area (Å²) < 4.78 is 0. The van der Waals surface area contributed by atoms with Crippen LogP contribution in [0.15, 0.2) is 24.3 Å². The Hall–Kier alpha value is -2.12. The van der Waals surface area contributed by atoms with E-state index in [-0.39, 0.29) is 10.8 Å². The predicted octanol–water partition coefficient (Wildman–Crippen LogP) is 4.55. The van der Waals surface area contributed by atoms with Crippen LogP contribution >= 0.6 is 0 Å². The number of hydrogen-bond acceptors (Lipinski definition) is 6. The van der Waals surface area contributed by atoms with Crippen LogP contribution in [0.1, 0.15) is 87.8 Å². The van der Waals surface area contributed by atoms with Crippen molar-refractivity contribution in [3.05, 3.63) is 57.6 Å². The van der Waals surface area contributed by atoms with E-state index in [2.05, 4.69) is 87.1 Å². The molecule has 0 spiro atoms. The minimum Gasteiger partial charge on any atom is -0.507 e. The molecule has 1 heterocycles. The Morgan fingerprint density at radius 3 is 0.972 bits per heavy atom. The highest BCUT2D eigenvalue weighted by Gasteiger charge is 2.20. The smallest absolute Gasteiger partial charge is 0.124 e. The third-order valence-corrected chi connectivity index (χ3v) is 6.94. The molecule has 200 valence electrons. The molecule has 2 aromatic carbocycles. The number of phenolic OH excluding ortho intramolecular Hbond substituents is 2. The van der Waals surface area contributed by atoms with Gasteiger partial charge in [-0.15, -0.1) is 0 Å². The fourth-order valence-electron chi connectivity index (χ4n) is 4.49. The minimum atomic E-state index is 0.0209. The van der Waals surface area contributed by atoms with Gasteiger partial charge in [0.25, 0.3) is 0 Å². The van der Waals surface area contributed by atoms with Crippen molar-refractivity contribution in [3.63, 3.8) is 0 Å². The van der Waals surface area contributed by atoms with Crippen LogP contribution in [0.4, 0.5) is 0 Å². The first kappa shape index (κ1) is 28.5. The van der Waals surface area contributed by atoms with Crippen molar-refractivity contribution < 1.29 is 10.2 Å². The topological polar surface area (TPSA) is 88.6 Å². The average molecular weight is 497 g/mol. The van der Waals surface area contributed by atoms with Crippen molar-refractivity contribution in [2.45, 2.75) is 91.4 Å². The first-order valence-electron chi connectivity index (χ1n) is 13.5. The third kappa shape index (κ3) is 7.94. The molecule has 0 saturated heterocycles. The molecule has 0 radical (unpaired) electrons. The van der Waals surface area contributed by atoms with E-state index in [1.54, 1.807) is 0 Å². The van der Waals surface area contributed by atoms with E-state index < -0.39 is 0 Å². The summed E-state index contributed by atoms with van der Waals surface area (Å²) in [5, 5.41) is 35.9. The summed E-state index contributed by atoms with van der Waals surface area (Å²) in [5.74, 6) is 0.800.